The number of aryl methyl sites for hydroxylation is 2. The molecule has 1 amide bonds. The maximum atomic E-state index is 11.4. The number of hydrogen-bond acceptors (Lipinski definition) is 4. The number of benzene rings is 1. The van der Waals surface area contributed by atoms with Crippen LogP contribution in [0.2, 0.25) is 0 Å². The zero-order chi connectivity index (χ0) is 19.2. The number of carbonyl (C=O) groups excluding carboxylic acids is 1. The highest BCUT2D eigenvalue weighted by Gasteiger charge is 2.10. The molecule has 1 aromatic carbocycles. The summed E-state index contributed by atoms with van der Waals surface area (Å²) in [6.07, 6.45) is 3.12. The molecule has 2 aromatic heterocycles. The third kappa shape index (κ3) is 4.81. The molecule has 7 heteroatoms. The Morgan fingerprint density at radius 3 is 2.81 bits per heavy atom. The summed E-state index contributed by atoms with van der Waals surface area (Å²) in [6.45, 7) is 5.40. The third-order valence-electron chi connectivity index (χ3n) is 4.40. The molecule has 27 heavy (non-hydrogen) atoms. The first-order valence-corrected chi connectivity index (χ1v) is 9.20. The first-order valence-electron chi connectivity index (χ1n) is 9.20. The van der Waals surface area contributed by atoms with Crippen molar-refractivity contribution in [3.63, 3.8) is 0 Å². The summed E-state index contributed by atoms with van der Waals surface area (Å²) in [7, 11) is 1.85. The summed E-state index contributed by atoms with van der Waals surface area (Å²) in [6, 6.07) is 7.82. The number of nitrogens with zero attached hydrogens (tertiary/aromatic N) is 2. The lowest BCUT2D eigenvalue weighted by Gasteiger charge is -2.08. The van der Waals surface area contributed by atoms with E-state index in [9.17, 15) is 4.79 Å². The Bertz CT molecular complexity index is 913. The van der Waals surface area contributed by atoms with Crippen LogP contribution in [0.5, 0.6) is 11.6 Å². The average molecular weight is 370 g/mol. The number of aromatic nitrogens is 3. The second-order valence-electron chi connectivity index (χ2n) is 6.41. The number of fused-ring (bicyclic) bond motifs is 1. The van der Waals surface area contributed by atoms with Gasteiger partial charge in [-0.05, 0) is 37.1 Å². The molecule has 0 aliphatic carbocycles. The summed E-state index contributed by atoms with van der Waals surface area (Å²) in [5, 5.41) is 8.22. The van der Waals surface area contributed by atoms with E-state index in [0.717, 1.165) is 28.8 Å². The van der Waals surface area contributed by atoms with Crippen LogP contribution in [0.25, 0.3) is 10.9 Å². The van der Waals surface area contributed by atoms with Crippen molar-refractivity contribution in [2.75, 3.05) is 19.8 Å². The molecule has 0 aliphatic heterocycles. The molecule has 2 N–H and O–H groups in total. The number of ether oxygens (including phenoxy) is 2. The van der Waals surface area contributed by atoms with E-state index in [2.05, 4.69) is 22.3 Å². The molecule has 0 bridgehead atoms. The van der Waals surface area contributed by atoms with E-state index in [4.69, 9.17) is 9.47 Å². The van der Waals surface area contributed by atoms with Crippen molar-refractivity contribution < 1.29 is 14.3 Å². The molecule has 0 spiro atoms. The second-order valence-corrected chi connectivity index (χ2v) is 6.41. The summed E-state index contributed by atoms with van der Waals surface area (Å²) in [5.41, 5.74) is 3.39. The van der Waals surface area contributed by atoms with E-state index in [-0.39, 0.29) is 5.91 Å². The van der Waals surface area contributed by atoms with Crippen molar-refractivity contribution in [1.82, 2.24) is 20.1 Å². The highest BCUT2D eigenvalue weighted by Crippen LogP contribution is 2.26. The van der Waals surface area contributed by atoms with Crippen molar-refractivity contribution in [3.8, 4) is 11.6 Å². The minimum atomic E-state index is 0.0735. The molecule has 144 valence electrons. The largest absolute Gasteiger partial charge is 0.490 e. The van der Waals surface area contributed by atoms with E-state index >= 15 is 0 Å². The van der Waals surface area contributed by atoms with Gasteiger partial charge in [-0.3, -0.25) is 9.48 Å². The van der Waals surface area contributed by atoms with Crippen molar-refractivity contribution in [2.45, 2.75) is 26.7 Å². The van der Waals surface area contributed by atoms with Gasteiger partial charge < -0.3 is 19.8 Å². The molecule has 0 radical (unpaired) electrons. The van der Waals surface area contributed by atoms with Crippen LogP contribution < -0.4 is 14.8 Å². The predicted octanol–water partition coefficient (Wildman–Crippen LogP) is 2.74. The maximum Gasteiger partial charge on any atom is 0.232 e. The van der Waals surface area contributed by atoms with E-state index < -0.39 is 0 Å². The molecule has 7 nitrogen and oxygen atoms in total. The Morgan fingerprint density at radius 1 is 1.26 bits per heavy atom. The van der Waals surface area contributed by atoms with Gasteiger partial charge >= 0.3 is 0 Å². The topological polar surface area (TPSA) is 81.2 Å². The first kappa shape index (κ1) is 18.8. The summed E-state index contributed by atoms with van der Waals surface area (Å²) in [5.74, 6) is 1.46. The minimum Gasteiger partial charge on any atom is -0.490 e. The monoisotopic (exact) mass is 370 g/mol. The van der Waals surface area contributed by atoms with Gasteiger partial charge in [0.15, 0.2) is 0 Å². The zero-order valence-electron chi connectivity index (χ0n) is 16.0. The lowest BCUT2D eigenvalue weighted by molar-refractivity contribution is -0.120. The number of hydrogen-bond donors (Lipinski definition) is 2. The molecular formula is C20H26N4O3. The number of rotatable bonds is 9. The van der Waals surface area contributed by atoms with Gasteiger partial charge in [-0.25, -0.2) is 0 Å². The Kier molecular flexibility index (Phi) is 6.01. The normalized spacial score (nSPS) is 10.9. The van der Waals surface area contributed by atoms with Gasteiger partial charge in [0.2, 0.25) is 11.8 Å². The first-order chi connectivity index (χ1) is 13.1. The number of nitrogens with one attached hydrogen (secondary N) is 2. The van der Waals surface area contributed by atoms with Crippen LogP contribution in [0.3, 0.4) is 0 Å². The Labute approximate surface area is 158 Å². The van der Waals surface area contributed by atoms with Gasteiger partial charge in [-0.2, -0.15) is 0 Å². The third-order valence-corrected chi connectivity index (χ3v) is 4.40. The van der Waals surface area contributed by atoms with Crippen molar-refractivity contribution in [1.29, 1.82) is 0 Å². The predicted molar refractivity (Wildman–Crippen MR) is 104 cm³/mol. The molecule has 3 rings (SSSR count). The fourth-order valence-corrected chi connectivity index (χ4v) is 3.00. The molecule has 0 aliphatic rings. The van der Waals surface area contributed by atoms with Crippen LogP contribution in [-0.2, 0) is 18.3 Å². The highest BCUT2D eigenvalue weighted by molar-refractivity contribution is 5.86. The van der Waals surface area contributed by atoms with Gasteiger partial charge in [0.05, 0.1) is 0 Å². The number of carbonyl (C=O) groups is 1. The summed E-state index contributed by atoms with van der Waals surface area (Å²) in [4.78, 5) is 14.8. The van der Waals surface area contributed by atoms with E-state index in [0.29, 0.717) is 32.1 Å². The van der Waals surface area contributed by atoms with Gasteiger partial charge in [-0.15, -0.1) is 5.10 Å². The smallest absolute Gasteiger partial charge is 0.232 e. The van der Waals surface area contributed by atoms with Gasteiger partial charge in [-0.1, -0.05) is 6.92 Å². The fraction of sp³-hybridized carbons (Fsp3) is 0.400. The van der Waals surface area contributed by atoms with E-state index in [1.807, 2.05) is 44.4 Å². The minimum absolute atomic E-state index is 0.0735. The van der Waals surface area contributed by atoms with E-state index in [1.165, 1.54) is 5.56 Å². The molecule has 0 unspecified atom stereocenters. The van der Waals surface area contributed by atoms with Crippen molar-refractivity contribution in [3.05, 3.63) is 41.7 Å². The maximum absolute atomic E-state index is 11.4. The van der Waals surface area contributed by atoms with Crippen LogP contribution in [0.1, 0.15) is 24.6 Å². The van der Waals surface area contributed by atoms with E-state index in [1.54, 1.807) is 4.68 Å². The lowest BCUT2D eigenvalue weighted by atomic mass is 10.1. The molecule has 0 atom stereocenters. The SMILES string of the molecule is CCC(=O)NCCc1c(C)[nH]c2ccc(OCCOc3ccn(C)n3)cc12. The van der Waals surface area contributed by atoms with Crippen molar-refractivity contribution >= 4 is 16.8 Å². The Morgan fingerprint density at radius 2 is 2.07 bits per heavy atom. The van der Waals surface area contributed by atoms with Gasteiger partial charge in [0.1, 0.15) is 19.0 Å². The van der Waals surface area contributed by atoms with Crippen LogP contribution in [0.4, 0.5) is 0 Å². The molecule has 3 aromatic rings. The van der Waals surface area contributed by atoms with Crippen LogP contribution in [0, 0.1) is 6.92 Å². The van der Waals surface area contributed by atoms with Crippen LogP contribution in [0.15, 0.2) is 30.5 Å². The number of H-pyrrole nitrogens is 1. The highest BCUT2D eigenvalue weighted by atomic mass is 16.5. The Hall–Kier alpha value is -2.96. The average Bonchev–Trinajstić information content (AvgIpc) is 3.21. The van der Waals surface area contributed by atoms with Crippen molar-refractivity contribution in [2.24, 2.45) is 7.05 Å². The molecular weight excluding hydrogens is 344 g/mol. The lowest BCUT2D eigenvalue weighted by Crippen LogP contribution is -2.24. The second kappa shape index (κ2) is 8.62. The van der Waals surface area contributed by atoms with Crippen LogP contribution >= 0.6 is 0 Å². The fourth-order valence-electron chi connectivity index (χ4n) is 3.00. The molecule has 2 heterocycles. The Balaban J connectivity index is 1.59. The quantitative estimate of drug-likeness (QED) is 0.568. The molecule has 0 saturated heterocycles. The number of amides is 1. The van der Waals surface area contributed by atoms with Gasteiger partial charge in [0, 0.05) is 48.9 Å². The van der Waals surface area contributed by atoms with Gasteiger partial charge in [0.25, 0.3) is 0 Å². The zero-order valence-corrected chi connectivity index (χ0v) is 16.0. The summed E-state index contributed by atoms with van der Waals surface area (Å²) >= 11 is 0. The summed E-state index contributed by atoms with van der Waals surface area (Å²) < 4.78 is 13.1. The standard InChI is InChI=1S/C20H26N4O3/c1-4-19(25)21-9-7-16-14(2)22-18-6-5-15(13-17(16)18)26-11-12-27-20-8-10-24(3)23-20/h5-6,8,10,13,22H,4,7,9,11-12H2,1-3H3,(H,21,25). The molecule has 0 saturated carbocycles. The number of aromatic amines is 1. The molecule has 0 fully saturated rings. The van der Waals surface area contributed by atoms with Crippen LogP contribution in [-0.4, -0.2) is 40.4 Å².